The summed E-state index contributed by atoms with van der Waals surface area (Å²) in [7, 11) is 0. The molecular weight excluding hydrogens is 168 g/mol. The highest BCUT2D eigenvalue weighted by atomic mass is 14.1. The van der Waals surface area contributed by atoms with E-state index in [0.29, 0.717) is 0 Å². The first-order chi connectivity index (χ1) is 6.72. The van der Waals surface area contributed by atoms with Crippen molar-refractivity contribution in [2.45, 2.75) is 46.5 Å². The molecular formula is C14H22. The van der Waals surface area contributed by atoms with Crippen molar-refractivity contribution in [1.29, 1.82) is 0 Å². The fraction of sp³-hybridized carbons (Fsp3) is 0.571. The van der Waals surface area contributed by atoms with Crippen LogP contribution in [0.15, 0.2) is 24.3 Å². The maximum absolute atomic E-state index is 2.36. The van der Waals surface area contributed by atoms with E-state index in [2.05, 4.69) is 45.0 Å². The molecule has 0 heteroatoms. The summed E-state index contributed by atoms with van der Waals surface area (Å²) in [5, 5.41) is 0. The van der Waals surface area contributed by atoms with Gasteiger partial charge in [0.2, 0.25) is 0 Å². The lowest BCUT2D eigenvalue weighted by Crippen LogP contribution is -1.99. The third-order valence-electron chi connectivity index (χ3n) is 2.76. The van der Waals surface area contributed by atoms with E-state index in [-0.39, 0.29) is 0 Å². The van der Waals surface area contributed by atoms with Crippen LogP contribution in [0.3, 0.4) is 0 Å². The molecule has 78 valence electrons. The molecule has 0 fully saturated rings. The predicted octanol–water partition coefficient (Wildman–Crippen LogP) is 4.36. The highest BCUT2D eigenvalue weighted by Gasteiger charge is 2.02. The monoisotopic (exact) mass is 190 g/mol. The predicted molar refractivity (Wildman–Crippen MR) is 63.6 cm³/mol. The van der Waals surface area contributed by atoms with E-state index in [9.17, 15) is 0 Å². The molecule has 1 aromatic carbocycles. The molecule has 0 aromatic heterocycles. The third-order valence-corrected chi connectivity index (χ3v) is 2.76. The van der Waals surface area contributed by atoms with Crippen LogP contribution in [0.5, 0.6) is 0 Å². The van der Waals surface area contributed by atoms with Crippen LogP contribution in [-0.2, 0) is 6.42 Å². The minimum absolute atomic E-state index is 0.831. The molecule has 0 bridgehead atoms. The van der Waals surface area contributed by atoms with Gasteiger partial charge >= 0.3 is 0 Å². The number of hydrogen-bond donors (Lipinski definition) is 0. The summed E-state index contributed by atoms with van der Waals surface area (Å²) >= 11 is 0. The van der Waals surface area contributed by atoms with E-state index in [1.165, 1.54) is 36.8 Å². The highest BCUT2D eigenvalue weighted by molar-refractivity contribution is 5.21. The van der Waals surface area contributed by atoms with Crippen molar-refractivity contribution < 1.29 is 0 Å². The lowest BCUT2D eigenvalue weighted by molar-refractivity contribution is 0.503. The normalized spacial score (nSPS) is 12.8. The molecule has 1 rings (SSSR count). The van der Waals surface area contributed by atoms with Gasteiger partial charge in [-0.15, -0.1) is 0 Å². The van der Waals surface area contributed by atoms with E-state index in [0.717, 1.165) is 5.92 Å². The van der Waals surface area contributed by atoms with Crippen molar-refractivity contribution >= 4 is 0 Å². The summed E-state index contributed by atoms with van der Waals surface area (Å²) in [5.41, 5.74) is 2.84. The SMILES string of the molecule is CCCCC(C)Cc1ccc(C)cc1. The van der Waals surface area contributed by atoms with E-state index >= 15 is 0 Å². The average Bonchev–Trinajstić information content (AvgIpc) is 2.18. The van der Waals surface area contributed by atoms with Crippen molar-refractivity contribution in [1.82, 2.24) is 0 Å². The van der Waals surface area contributed by atoms with Gasteiger partial charge in [-0.2, -0.15) is 0 Å². The van der Waals surface area contributed by atoms with Crippen LogP contribution >= 0.6 is 0 Å². The Hall–Kier alpha value is -0.780. The lowest BCUT2D eigenvalue weighted by atomic mass is 9.96. The van der Waals surface area contributed by atoms with Crippen molar-refractivity contribution in [2.75, 3.05) is 0 Å². The van der Waals surface area contributed by atoms with E-state index in [1.807, 2.05) is 0 Å². The standard InChI is InChI=1S/C14H22/c1-4-5-6-13(3)11-14-9-7-12(2)8-10-14/h7-10,13H,4-6,11H2,1-3H3. The van der Waals surface area contributed by atoms with Crippen LogP contribution in [0.25, 0.3) is 0 Å². The summed E-state index contributed by atoms with van der Waals surface area (Å²) in [5.74, 6) is 0.831. The van der Waals surface area contributed by atoms with Crippen LogP contribution in [0, 0.1) is 12.8 Å². The minimum atomic E-state index is 0.831. The zero-order valence-electron chi connectivity index (χ0n) is 9.72. The van der Waals surface area contributed by atoms with E-state index < -0.39 is 0 Å². The summed E-state index contributed by atoms with van der Waals surface area (Å²) in [6, 6.07) is 8.94. The quantitative estimate of drug-likeness (QED) is 0.647. The van der Waals surface area contributed by atoms with Crippen molar-refractivity contribution in [3.05, 3.63) is 35.4 Å². The second-order valence-electron chi connectivity index (χ2n) is 4.44. The van der Waals surface area contributed by atoms with Crippen LogP contribution < -0.4 is 0 Å². The molecule has 0 saturated carbocycles. The van der Waals surface area contributed by atoms with Gasteiger partial charge in [0.05, 0.1) is 0 Å². The molecule has 1 unspecified atom stereocenters. The molecule has 0 aliphatic carbocycles. The number of aryl methyl sites for hydroxylation is 1. The Morgan fingerprint density at radius 1 is 1.14 bits per heavy atom. The zero-order valence-corrected chi connectivity index (χ0v) is 9.72. The van der Waals surface area contributed by atoms with E-state index in [1.54, 1.807) is 0 Å². The summed E-state index contributed by atoms with van der Waals surface area (Å²) in [4.78, 5) is 0. The Morgan fingerprint density at radius 3 is 2.36 bits per heavy atom. The second-order valence-corrected chi connectivity index (χ2v) is 4.44. The van der Waals surface area contributed by atoms with Gasteiger partial charge in [0, 0.05) is 0 Å². The second kappa shape index (κ2) is 5.85. The third kappa shape index (κ3) is 3.95. The molecule has 0 aliphatic rings. The van der Waals surface area contributed by atoms with Crippen LogP contribution in [0.1, 0.15) is 44.2 Å². The van der Waals surface area contributed by atoms with Crippen molar-refractivity contribution in [3.8, 4) is 0 Å². The Labute approximate surface area is 88.4 Å². The lowest BCUT2D eigenvalue weighted by Gasteiger charge is -2.10. The molecule has 0 aliphatic heterocycles. The molecule has 0 spiro atoms. The van der Waals surface area contributed by atoms with Gasteiger partial charge in [-0.25, -0.2) is 0 Å². The summed E-state index contributed by atoms with van der Waals surface area (Å²) < 4.78 is 0. The van der Waals surface area contributed by atoms with Gasteiger partial charge in [0.1, 0.15) is 0 Å². The fourth-order valence-corrected chi connectivity index (χ4v) is 1.78. The Kier molecular flexibility index (Phi) is 4.72. The van der Waals surface area contributed by atoms with Crippen LogP contribution in [0.4, 0.5) is 0 Å². The average molecular weight is 190 g/mol. The first-order valence-corrected chi connectivity index (χ1v) is 5.78. The molecule has 14 heavy (non-hydrogen) atoms. The molecule has 1 aromatic rings. The van der Waals surface area contributed by atoms with Crippen LogP contribution in [-0.4, -0.2) is 0 Å². The van der Waals surface area contributed by atoms with Gasteiger partial charge in [-0.05, 0) is 24.8 Å². The highest BCUT2D eigenvalue weighted by Crippen LogP contribution is 2.14. The molecule has 0 radical (unpaired) electrons. The number of rotatable bonds is 5. The largest absolute Gasteiger partial charge is 0.0654 e. The van der Waals surface area contributed by atoms with Crippen LogP contribution in [0.2, 0.25) is 0 Å². The maximum atomic E-state index is 2.36. The van der Waals surface area contributed by atoms with E-state index in [4.69, 9.17) is 0 Å². The Balaban J connectivity index is 2.39. The fourth-order valence-electron chi connectivity index (χ4n) is 1.78. The number of benzene rings is 1. The van der Waals surface area contributed by atoms with Gasteiger partial charge in [0.15, 0.2) is 0 Å². The first-order valence-electron chi connectivity index (χ1n) is 5.78. The van der Waals surface area contributed by atoms with Crippen molar-refractivity contribution in [3.63, 3.8) is 0 Å². The molecule has 0 nitrogen and oxygen atoms in total. The number of unbranched alkanes of at least 4 members (excludes halogenated alkanes) is 1. The topological polar surface area (TPSA) is 0 Å². The van der Waals surface area contributed by atoms with Gasteiger partial charge in [-0.3, -0.25) is 0 Å². The molecule has 0 amide bonds. The first kappa shape index (κ1) is 11.3. The maximum Gasteiger partial charge on any atom is -0.0253 e. The minimum Gasteiger partial charge on any atom is -0.0654 e. The number of hydrogen-bond acceptors (Lipinski definition) is 0. The zero-order chi connectivity index (χ0) is 10.4. The molecule has 0 N–H and O–H groups in total. The van der Waals surface area contributed by atoms with Gasteiger partial charge < -0.3 is 0 Å². The molecule has 0 saturated heterocycles. The Bertz CT molecular complexity index is 245. The van der Waals surface area contributed by atoms with Crippen molar-refractivity contribution in [2.24, 2.45) is 5.92 Å². The smallest absolute Gasteiger partial charge is 0.0253 e. The Morgan fingerprint density at radius 2 is 1.79 bits per heavy atom. The molecule has 1 atom stereocenters. The molecule has 0 heterocycles. The summed E-state index contributed by atoms with van der Waals surface area (Å²) in [6.45, 7) is 6.76. The van der Waals surface area contributed by atoms with Gasteiger partial charge in [0.25, 0.3) is 0 Å². The summed E-state index contributed by atoms with van der Waals surface area (Å²) in [6.07, 6.45) is 5.29. The van der Waals surface area contributed by atoms with Gasteiger partial charge in [-0.1, -0.05) is 62.9 Å².